The van der Waals surface area contributed by atoms with Crippen LogP contribution in [0, 0.1) is 14.2 Å². The average molecular weight is 414 g/mol. The second kappa shape index (κ2) is 6.15. The van der Waals surface area contributed by atoms with Gasteiger partial charge in [-0.2, -0.15) is 0 Å². The number of hydrogen-bond donors (Lipinski definition) is 1. The number of halogens is 2. The number of hydrogen-bond acceptors (Lipinski definition) is 2. The van der Waals surface area contributed by atoms with Crippen molar-refractivity contribution in [3.8, 4) is 5.75 Å². The van der Waals surface area contributed by atoms with Crippen molar-refractivity contribution in [1.29, 1.82) is 0 Å². The summed E-state index contributed by atoms with van der Waals surface area (Å²) >= 11 is 7.26. The Bertz CT molecular complexity index is 829. The van der Waals surface area contributed by atoms with Crippen LogP contribution < -0.4 is 4.74 Å². The molecule has 2 aromatic carbocycles. The van der Waals surface area contributed by atoms with Gasteiger partial charge in [0.15, 0.2) is 4.77 Å². The predicted molar refractivity (Wildman–Crippen MR) is 91.7 cm³/mol. The Morgan fingerprint density at radius 3 is 2.76 bits per heavy atom. The molecule has 1 aromatic heterocycles. The summed E-state index contributed by atoms with van der Waals surface area (Å²) in [6, 6.07) is 12.8. The minimum Gasteiger partial charge on any atom is -0.492 e. The van der Waals surface area contributed by atoms with Crippen LogP contribution in [0.15, 0.2) is 42.5 Å². The summed E-state index contributed by atoms with van der Waals surface area (Å²) in [5.74, 6) is 0.569. The van der Waals surface area contributed by atoms with E-state index >= 15 is 0 Å². The second-order valence-electron chi connectivity index (χ2n) is 4.53. The van der Waals surface area contributed by atoms with Crippen LogP contribution in [0.3, 0.4) is 0 Å². The van der Waals surface area contributed by atoms with Crippen molar-refractivity contribution in [1.82, 2.24) is 9.55 Å². The molecule has 108 valence electrons. The summed E-state index contributed by atoms with van der Waals surface area (Å²) in [5.41, 5.74) is 1.60. The van der Waals surface area contributed by atoms with Crippen molar-refractivity contribution in [3.05, 3.63) is 56.6 Å². The number of para-hydroxylation sites is 1. The molecule has 0 bridgehead atoms. The maximum absolute atomic E-state index is 13.7. The van der Waals surface area contributed by atoms with Crippen LogP contribution in [0.25, 0.3) is 11.0 Å². The van der Waals surface area contributed by atoms with Gasteiger partial charge in [-0.25, -0.2) is 4.39 Å². The molecule has 3 rings (SSSR count). The minimum absolute atomic E-state index is 0.241. The molecule has 0 saturated heterocycles. The molecule has 1 N–H and O–H groups in total. The maximum Gasteiger partial charge on any atom is 0.178 e. The number of aromatic nitrogens is 2. The smallest absolute Gasteiger partial charge is 0.178 e. The summed E-state index contributed by atoms with van der Waals surface area (Å²) in [5, 5.41) is 0. The number of rotatable bonds is 4. The fraction of sp³-hybridized carbons (Fsp3) is 0.133. The SMILES string of the molecule is Fc1cc2c(cc1I)[nH]c(=S)n2CCOc1ccccc1. The number of benzene rings is 2. The molecule has 0 amide bonds. The summed E-state index contributed by atoms with van der Waals surface area (Å²) in [6.07, 6.45) is 0. The highest BCUT2D eigenvalue weighted by Crippen LogP contribution is 2.20. The van der Waals surface area contributed by atoms with Crippen LogP contribution >= 0.6 is 34.8 Å². The monoisotopic (exact) mass is 414 g/mol. The molecule has 21 heavy (non-hydrogen) atoms. The first kappa shape index (κ1) is 14.5. The molecular weight excluding hydrogens is 402 g/mol. The molecule has 0 aliphatic carbocycles. The van der Waals surface area contributed by atoms with Gasteiger partial charge in [0, 0.05) is 6.07 Å². The Morgan fingerprint density at radius 1 is 1.24 bits per heavy atom. The van der Waals surface area contributed by atoms with E-state index in [9.17, 15) is 4.39 Å². The second-order valence-corrected chi connectivity index (χ2v) is 6.08. The lowest BCUT2D eigenvalue weighted by Gasteiger charge is -2.07. The molecule has 0 spiro atoms. The molecule has 3 nitrogen and oxygen atoms in total. The van der Waals surface area contributed by atoms with Gasteiger partial charge in [0.05, 0.1) is 21.1 Å². The van der Waals surface area contributed by atoms with Crippen LogP contribution in [-0.2, 0) is 6.54 Å². The van der Waals surface area contributed by atoms with E-state index < -0.39 is 0 Å². The third-order valence-corrected chi connectivity index (χ3v) is 4.29. The lowest BCUT2D eigenvalue weighted by molar-refractivity contribution is 0.299. The fourth-order valence-electron chi connectivity index (χ4n) is 2.15. The van der Waals surface area contributed by atoms with Gasteiger partial charge in [-0.05, 0) is 53.0 Å². The zero-order valence-corrected chi connectivity index (χ0v) is 13.9. The van der Waals surface area contributed by atoms with Crippen LogP contribution in [0.1, 0.15) is 0 Å². The molecule has 1 heterocycles. The lowest BCUT2D eigenvalue weighted by atomic mass is 10.3. The van der Waals surface area contributed by atoms with Gasteiger partial charge >= 0.3 is 0 Å². The first-order chi connectivity index (χ1) is 10.1. The van der Waals surface area contributed by atoms with Crippen molar-refractivity contribution in [2.24, 2.45) is 0 Å². The van der Waals surface area contributed by atoms with Crippen molar-refractivity contribution in [2.75, 3.05) is 6.61 Å². The largest absolute Gasteiger partial charge is 0.492 e. The predicted octanol–water partition coefficient (Wildman–Crippen LogP) is 4.52. The number of aromatic amines is 1. The molecule has 0 saturated carbocycles. The zero-order chi connectivity index (χ0) is 14.8. The summed E-state index contributed by atoms with van der Waals surface area (Å²) in [6.45, 7) is 1.03. The molecule has 0 atom stereocenters. The molecule has 0 aliphatic rings. The highest BCUT2D eigenvalue weighted by Gasteiger charge is 2.08. The molecule has 6 heteroatoms. The maximum atomic E-state index is 13.7. The minimum atomic E-state index is -0.241. The number of ether oxygens (including phenoxy) is 1. The summed E-state index contributed by atoms with van der Waals surface area (Å²) in [4.78, 5) is 3.09. The van der Waals surface area contributed by atoms with Crippen LogP contribution in [-0.4, -0.2) is 16.2 Å². The van der Waals surface area contributed by atoms with E-state index in [1.165, 1.54) is 6.07 Å². The fourth-order valence-corrected chi connectivity index (χ4v) is 2.91. The Balaban J connectivity index is 1.82. The lowest BCUT2D eigenvalue weighted by Crippen LogP contribution is -2.08. The molecular formula is C15H12FIN2OS. The zero-order valence-electron chi connectivity index (χ0n) is 11.0. The van der Waals surface area contributed by atoms with Crippen LogP contribution in [0.5, 0.6) is 5.75 Å². The van der Waals surface area contributed by atoms with Gasteiger partial charge in [-0.1, -0.05) is 18.2 Å². The van der Waals surface area contributed by atoms with Gasteiger partial charge in [-0.15, -0.1) is 0 Å². The molecule has 0 radical (unpaired) electrons. The van der Waals surface area contributed by atoms with E-state index in [0.29, 0.717) is 21.5 Å². The normalized spacial score (nSPS) is 11.0. The van der Waals surface area contributed by atoms with E-state index in [2.05, 4.69) is 4.98 Å². The third kappa shape index (κ3) is 3.11. The van der Waals surface area contributed by atoms with E-state index in [-0.39, 0.29) is 5.82 Å². The Kier molecular flexibility index (Phi) is 4.25. The highest BCUT2D eigenvalue weighted by atomic mass is 127. The Morgan fingerprint density at radius 2 is 2.00 bits per heavy atom. The van der Waals surface area contributed by atoms with Crippen molar-refractivity contribution >= 4 is 45.8 Å². The third-order valence-electron chi connectivity index (χ3n) is 3.14. The van der Waals surface area contributed by atoms with E-state index in [4.69, 9.17) is 17.0 Å². The van der Waals surface area contributed by atoms with Gasteiger partial charge in [0.2, 0.25) is 0 Å². The molecule has 3 aromatic rings. The van der Waals surface area contributed by atoms with E-state index in [0.717, 1.165) is 16.8 Å². The van der Waals surface area contributed by atoms with Crippen molar-refractivity contribution in [3.63, 3.8) is 0 Å². The number of H-pyrrole nitrogens is 1. The average Bonchev–Trinajstić information content (AvgIpc) is 2.76. The van der Waals surface area contributed by atoms with Gasteiger partial charge in [0.25, 0.3) is 0 Å². The van der Waals surface area contributed by atoms with E-state index in [1.54, 1.807) is 6.07 Å². The highest BCUT2D eigenvalue weighted by molar-refractivity contribution is 14.1. The number of imidazole rings is 1. The van der Waals surface area contributed by atoms with Crippen LogP contribution in [0.4, 0.5) is 4.39 Å². The Labute approximate surface area is 139 Å². The van der Waals surface area contributed by atoms with Gasteiger partial charge < -0.3 is 14.3 Å². The quantitative estimate of drug-likeness (QED) is 0.503. The van der Waals surface area contributed by atoms with E-state index in [1.807, 2.05) is 57.5 Å². The van der Waals surface area contributed by atoms with Crippen LogP contribution in [0.2, 0.25) is 0 Å². The van der Waals surface area contributed by atoms with Gasteiger partial charge in [0.1, 0.15) is 18.2 Å². The number of nitrogens with one attached hydrogen (secondary N) is 1. The van der Waals surface area contributed by atoms with Gasteiger partial charge in [-0.3, -0.25) is 0 Å². The summed E-state index contributed by atoms with van der Waals surface area (Å²) < 4.78 is 22.4. The topological polar surface area (TPSA) is 29.9 Å². The first-order valence-electron chi connectivity index (χ1n) is 6.40. The number of nitrogens with zero attached hydrogens (tertiary/aromatic N) is 1. The molecule has 0 aliphatic heterocycles. The summed E-state index contributed by atoms with van der Waals surface area (Å²) in [7, 11) is 0. The first-order valence-corrected chi connectivity index (χ1v) is 7.89. The standard InChI is InChI=1S/C15H12FIN2OS/c16-11-8-14-13(9-12(11)17)18-15(21)19(14)6-7-20-10-4-2-1-3-5-10/h1-5,8-9H,6-7H2,(H,18,21). The van der Waals surface area contributed by atoms with Crippen molar-refractivity contribution < 1.29 is 9.13 Å². The Hall–Kier alpha value is -1.41. The molecule has 0 unspecified atom stereocenters. The molecule has 0 fully saturated rings. The number of fused-ring (bicyclic) bond motifs is 1. The van der Waals surface area contributed by atoms with Crippen molar-refractivity contribution in [2.45, 2.75) is 6.54 Å².